The summed E-state index contributed by atoms with van der Waals surface area (Å²) < 4.78 is 29.1. The van der Waals surface area contributed by atoms with Crippen molar-refractivity contribution in [1.29, 1.82) is 0 Å². The molecule has 2 N–H and O–H groups in total. The number of fused-ring (bicyclic) bond motifs is 1. The van der Waals surface area contributed by atoms with Crippen molar-refractivity contribution in [3.05, 3.63) is 102 Å². The van der Waals surface area contributed by atoms with E-state index in [1.54, 1.807) is 54.9 Å². The van der Waals surface area contributed by atoms with E-state index >= 15 is 0 Å². The molecule has 1 amide bonds. The molecule has 0 saturated heterocycles. The van der Waals surface area contributed by atoms with Crippen molar-refractivity contribution in [2.45, 2.75) is 24.3 Å². The fourth-order valence-electron chi connectivity index (χ4n) is 3.64. The van der Waals surface area contributed by atoms with Gasteiger partial charge in [0, 0.05) is 23.2 Å². The number of hydrogen-bond donors (Lipinski definition) is 2. The van der Waals surface area contributed by atoms with E-state index < -0.39 is 10.0 Å². The van der Waals surface area contributed by atoms with Gasteiger partial charge < -0.3 is 5.32 Å². The molecule has 0 unspecified atom stereocenters. The molecule has 1 atom stereocenters. The summed E-state index contributed by atoms with van der Waals surface area (Å²) in [5, 5.41) is 4.29. The van der Waals surface area contributed by atoms with Crippen molar-refractivity contribution in [3.63, 3.8) is 0 Å². The molecule has 0 fully saturated rings. The minimum Gasteiger partial charge on any atom is -0.345 e. The van der Waals surface area contributed by atoms with Gasteiger partial charge in [0.05, 0.1) is 22.2 Å². The highest BCUT2D eigenvalue weighted by molar-refractivity contribution is 7.93. The minimum atomic E-state index is -3.94. The zero-order valence-corrected chi connectivity index (χ0v) is 18.3. The predicted octanol–water partition coefficient (Wildman–Crippen LogP) is 4.92. The number of anilines is 1. The van der Waals surface area contributed by atoms with E-state index in [-0.39, 0.29) is 28.1 Å². The molecular formula is C25H23N3O3S. The van der Waals surface area contributed by atoms with E-state index in [0.717, 1.165) is 10.9 Å². The highest BCUT2D eigenvalue weighted by Gasteiger charge is 2.22. The van der Waals surface area contributed by atoms with Crippen LogP contribution in [0, 0.1) is 0 Å². The van der Waals surface area contributed by atoms with Crippen molar-refractivity contribution in [2.24, 2.45) is 0 Å². The lowest BCUT2D eigenvalue weighted by Crippen LogP contribution is -2.29. The zero-order valence-electron chi connectivity index (χ0n) is 17.5. The monoisotopic (exact) mass is 445 g/mol. The molecule has 1 heterocycles. The number of nitrogens with one attached hydrogen (secondary N) is 2. The Hall–Kier alpha value is -3.71. The maximum absolute atomic E-state index is 13.2. The molecule has 0 aliphatic carbocycles. The van der Waals surface area contributed by atoms with Crippen LogP contribution in [0.15, 0.2) is 96.2 Å². The smallest absolute Gasteiger partial charge is 0.262 e. The Kier molecular flexibility index (Phi) is 6.18. The van der Waals surface area contributed by atoms with Crippen LogP contribution in [0.4, 0.5) is 5.69 Å². The molecule has 4 rings (SSSR count). The van der Waals surface area contributed by atoms with Gasteiger partial charge in [-0.15, -0.1) is 0 Å². The summed E-state index contributed by atoms with van der Waals surface area (Å²) in [5.74, 6) is -0.346. The topological polar surface area (TPSA) is 88.2 Å². The molecule has 32 heavy (non-hydrogen) atoms. The van der Waals surface area contributed by atoms with Gasteiger partial charge in [-0.2, -0.15) is 0 Å². The van der Waals surface area contributed by atoms with Crippen molar-refractivity contribution in [2.75, 3.05) is 4.72 Å². The molecule has 0 radical (unpaired) electrons. The average Bonchev–Trinajstić information content (AvgIpc) is 2.82. The highest BCUT2D eigenvalue weighted by Crippen LogP contribution is 2.26. The Morgan fingerprint density at radius 3 is 2.47 bits per heavy atom. The number of nitrogens with zero attached hydrogens (tertiary/aromatic N) is 1. The quantitative estimate of drug-likeness (QED) is 0.423. The standard InChI is InChI=1S/C25H23N3O3S/c1-2-22(18-9-4-3-5-10-18)27-25(29)21-12-6-7-13-23(21)28-32(30,31)24-14-8-11-19-17-26-16-15-20(19)24/h3-17,22,28H,2H2,1H3,(H,27,29)/t22-/m0/s1. The average molecular weight is 446 g/mol. The molecule has 0 aliphatic rings. The first-order valence-electron chi connectivity index (χ1n) is 10.3. The van der Waals surface area contributed by atoms with Gasteiger partial charge >= 0.3 is 0 Å². The lowest BCUT2D eigenvalue weighted by molar-refractivity contribution is 0.0936. The Labute approximate surface area is 187 Å². The van der Waals surface area contributed by atoms with Crippen LogP contribution < -0.4 is 10.0 Å². The number of sulfonamides is 1. The molecule has 0 saturated carbocycles. The maximum atomic E-state index is 13.2. The van der Waals surface area contributed by atoms with Gasteiger partial charge in [0.2, 0.25) is 0 Å². The number of para-hydroxylation sites is 1. The fourth-order valence-corrected chi connectivity index (χ4v) is 4.95. The molecule has 3 aromatic carbocycles. The predicted molar refractivity (Wildman–Crippen MR) is 126 cm³/mol. The number of rotatable bonds is 7. The normalized spacial score (nSPS) is 12.3. The van der Waals surface area contributed by atoms with E-state index in [4.69, 9.17) is 0 Å². The Morgan fingerprint density at radius 2 is 1.69 bits per heavy atom. The first-order valence-corrected chi connectivity index (χ1v) is 11.8. The summed E-state index contributed by atoms with van der Waals surface area (Å²) in [6.45, 7) is 1.99. The molecule has 0 bridgehead atoms. The van der Waals surface area contributed by atoms with E-state index in [9.17, 15) is 13.2 Å². The third-order valence-electron chi connectivity index (χ3n) is 5.26. The van der Waals surface area contributed by atoms with Crippen LogP contribution in [0.25, 0.3) is 10.8 Å². The molecule has 1 aromatic heterocycles. The van der Waals surface area contributed by atoms with Crippen molar-refractivity contribution in [1.82, 2.24) is 10.3 Å². The third-order valence-corrected chi connectivity index (χ3v) is 6.69. The first-order chi connectivity index (χ1) is 15.5. The van der Waals surface area contributed by atoms with E-state index in [2.05, 4.69) is 15.0 Å². The van der Waals surface area contributed by atoms with Crippen molar-refractivity contribution in [3.8, 4) is 0 Å². The number of hydrogen-bond acceptors (Lipinski definition) is 4. The number of benzene rings is 3. The molecular weight excluding hydrogens is 422 g/mol. The van der Waals surface area contributed by atoms with Crippen LogP contribution in [0.2, 0.25) is 0 Å². The molecule has 6 nitrogen and oxygen atoms in total. The van der Waals surface area contributed by atoms with Gasteiger partial charge in [-0.1, -0.05) is 61.5 Å². The highest BCUT2D eigenvalue weighted by atomic mass is 32.2. The van der Waals surface area contributed by atoms with Gasteiger partial charge in [0.25, 0.3) is 15.9 Å². The maximum Gasteiger partial charge on any atom is 0.262 e. The van der Waals surface area contributed by atoms with Crippen molar-refractivity contribution >= 4 is 32.4 Å². The SMILES string of the molecule is CC[C@H](NC(=O)c1ccccc1NS(=O)(=O)c1cccc2cnccc12)c1ccccc1. The van der Waals surface area contributed by atoms with Gasteiger partial charge in [0.1, 0.15) is 0 Å². The Balaban J connectivity index is 1.64. The second kappa shape index (κ2) is 9.20. The summed E-state index contributed by atoms with van der Waals surface area (Å²) in [7, 11) is -3.94. The summed E-state index contributed by atoms with van der Waals surface area (Å²) in [6, 6.07) is 22.8. The zero-order chi connectivity index (χ0) is 22.6. The summed E-state index contributed by atoms with van der Waals surface area (Å²) in [5.41, 5.74) is 1.47. The number of amides is 1. The minimum absolute atomic E-state index is 0.128. The van der Waals surface area contributed by atoms with Gasteiger partial charge in [-0.05, 0) is 36.2 Å². The van der Waals surface area contributed by atoms with Crippen LogP contribution >= 0.6 is 0 Å². The van der Waals surface area contributed by atoms with Gasteiger partial charge in [0.15, 0.2) is 0 Å². The number of pyridine rings is 1. The lowest BCUT2D eigenvalue weighted by Gasteiger charge is -2.19. The summed E-state index contributed by atoms with van der Waals surface area (Å²) in [4.78, 5) is 17.3. The third kappa shape index (κ3) is 4.48. The number of carbonyl (C=O) groups is 1. The van der Waals surface area contributed by atoms with Crippen LogP contribution in [0.3, 0.4) is 0 Å². The number of aromatic nitrogens is 1. The van der Waals surface area contributed by atoms with Crippen LogP contribution in [0.5, 0.6) is 0 Å². The number of carbonyl (C=O) groups excluding carboxylic acids is 1. The Morgan fingerprint density at radius 1 is 0.938 bits per heavy atom. The Bertz CT molecular complexity index is 1350. The lowest BCUT2D eigenvalue weighted by atomic mass is 10.0. The largest absolute Gasteiger partial charge is 0.345 e. The van der Waals surface area contributed by atoms with Crippen molar-refractivity contribution < 1.29 is 13.2 Å². The first kappa shape index (κ1) is 21.5. The second-order valence-electron chi connectivity index (χ2n) is 7.35. The summed E-state index contributed by atoms with van der Waals surface area (Å²) in [6.07, 6.45) is 3.87. The van der Waals surface area contributed by atoms with Crippen LogP contribution in [-0.2, 0) is 10.0 Å². The molecule has 4 aromatic rings. The molecule has 0 spiro atoms. The molecule has 162 valence electrons. The van der Waals surface area contributed by atoms with Gasteiger partial charge in [-0.25, -0.2) is 8.42 Å². The molecule has 7 heteroatoms. The second-order valence-corrected chi connectivity index (χ2v) is 9.00. The fraction of sp³-hybridized carbons (Fsp3) is 0.120. The van der Waals surface area contributed by atoms with E-state index in [1.165, 1.54) is 6.07 Å². The van der Waals surface area contributed by atoms with Crippen LogP contribution in [0.1, 0.15) is 35.3 Å². The van der Waals surface area contributed by atoms with Crippen LogP contribution in [-0.4, -0.2) is 19.3 Å². The van der Waals surface area contributed by atoms with E-state index in [0.29, 0.717) is 11.8 Å². The summed E-state index contributed by atoms with van der Waals surface area (Å²) >= 11 is 0. The van der Waals surface area contributed by atoms with Gasteiger partial charge in [-0.3, -0.25) is 14.5 Å². The van der Waals surface area contributed by atoms with E-state index in [1.807, 2.05) is 37.3 Å². The molecule has 0 aliphatic heterocycles.